The molecule has 0 bridgehead atoms. The van der Waals surface area contributed by atoms with Crippen molar-refractivity contribution < 1.29 is 23.8 Å². The van der Waals surface area contributed by atoms with Crippen LogP contribution in [-0.2, 0) is 4.79 Å². The van der Waals surface area contributed by atoms with E-state index in [1.54, 1.807) is 63.7 Å². The van der Waals surface area contributed by atoms with Gasteiger partial charge in [0.05, 0.1) is 19.9 Å². The number of anilines is 1. The van der Waals surface area contributed by atoms with Crippen molar-refractivity contribution in [1.82, 2.24) is 4.90 Å². The molecule has 7 nitrogen and oxygen atoms in total. The second-order valence-electron chi connectivity index (χ2n) is 5.63. The monoisotopic (exact) mass is 358 g/mol. The maximum Gasteiger partial charge on any atom is 0.262 e. The Morgan fingerprint density at radius 2 is 1.62 bits per heavy atom. The van der Waals surface area contributed by atoms with Crippen LogP contribution in [0.15, 0.2) is 42.5 Å². The first-order valence-corrected chi connectivity index (χ1v) is 7.91. The van der Waals surface area contributed by atoms with Gasteiger partial charge in [-0.15, -0.1) is 0 Å². The van der Waals surface area contributed by atoms with Crippen LogP contribution in [-0.4, -0.2) is 51.6 Å². The predicted molar refractivity (Wildman–Crippen MR) is 98.1 cm³/mol. The van der Waals surface area contributed by atoms with Gasteiger partial charge in [-0.3, -0.25) is 9.59 Å². The number of carbonyl (C=O) groups is 2. The first kappa shape index (κ1) is 19.1. The molecule has 0 radical (unpaired) electrons. The molecule has 0 aromatic heterocycles. The fourth-order valence-electron chi connectivity index (χ4n) is 2.20. The summed E-state index contributed by atoms with van der Waals surface area (Å²) in [6.45, 7) is -0.179. The number of hydrogen-bond donors (Lipinski definition) is 1. The van der Waals surface area contributed by atoms with E-state index in [-0.39, 0.29) is 18.4 Å². The molecule has 7 heteroatoms. The summed E-state index contributed by atoms with van der Waals surface area (Å²) in [6.07, 6.45) is 0. The van der Waals surface area contributed by atoms with Crippen LogP contribution in [0.3, 0.4) is 0 Å². The highest BCUT2D eigenvalue weighted by Gasteiger charge is 2.14. The second kappa shape index (κ2) is 8.75. The van der Waals surface area contributed by atoms with Gasteiger partial charge >= 0.3 is 0 Å². The fraction of sp³-hybridized carbons (Fsp3) is 0.263. The molecule has 0 aliphatic rings. The SMILES string of the molecule is COc1ccc(OCC(=O)Nc2cc(C(=O)N(C)C)ccc2OC)cc1. The zero-order valence-electron chi connectivity index (χ0n) is 15.2. The molecule has 138 valence electrons. The van der Waals surface area contributed by atoms with Crippen molar-refractivity contribution in [2.45, 2.75) is 0 Å². The Hall–Kier alpha value is -3.22. The summed E-state index contributed by atoms with van der Waals surface area (Å²) < 4.78 is 15.7. The quantitative estimate of drug-likeness (QED) is 0.823. The van der Waals surface area contributed by atoms with Crippen molar-refractivity contribution in [1.29, 1.82) is 0 Å². The van der Waals surface area contributed by atoms with Gasteiger partial charge in [-0.2, -0.15) is 0 Å². The molecule has 2 amide bonds. The Balaban J connectivity index is 2.04. The number of amides is 2. The van der Waals surface area contributed by atoms with Crippen molar-refractivity contribution in [2.75, 3.05) is 40.2 Å². The van der Waals surface area contributed by atoms with Crippen molar-refractivity contribution in [3.05, 3.63) is 48.0 Å². The lowest BCUT2D eigenvalue weighted by atomic mass is 10.1. The van der Waals surface area contributed by atoms with Gasteiger partial charge in [-0.05, 0) is 42.5 Å². The van der Waals surface area contributed by atoms with Crippen molar-refractivity contribution in [3.8, 4) is 17.2 Å². The van der Waals surface area contributed by atoms with Gasteiger partial charge in [0.1, 0.15) is 17.2 Å². The topological polar surface area (TPSA) is 77.1 Å². The van der Waals surface area contributed by atoms with Crippen LogP contribution in [0.4, 0.5) is 5.69 Å². The summed E-state index contributed by atoms with van der Waals surface area (Å²) >= 11 is 0. The number of benzene rings is 2. The first-order valence-electron chi connectivity index (χ1n) is 7.91. The Kier molecular flexibility index (Phi) is 6.43. The van der Waals surface area contributed by atoms with E-state index in [1.165, 1.54) is 12.0 Å². The lowest BCUT2D eigenvalue weighted by molar-refractivity contribution is -0.118. The first-order chi connectivity index (χ1) is 12.4. The zero-order chi connectivity index (χ0) is 19.1. The maximum absolute atomic E-state index is 12.2. The summed E-state index contributed by atoms with van der Waals surface area (Å²) in [5.41, 5.74) is 0.853. The molecule has 0 saturated heterocycles. The molecular formula is C19H22N2O5. The Morgan fingerprint density at radius 1 is 0.962 bits per heavy atom. The van der Waals surface area contributed by atoms with Gasteiger partial charge in [-0.25, -0.2) is 0 Å². The van der Waals surface area contributed by atoms with Crippen LogP contribution >= 0.6 is 0 Å². The summed E-state index contributed by atoms with van der Waals surface area (Å²) in [6, 6.07) is 11.8. The fourth-order valence-corrected chi connectivity index (χ4v) is 2.20. The number of rotatable bonds is 7. The van der Waals surface area contributed by atoms with Crippen LogP contribution in [0, 0.1) is 0 Å². The standard InChI is InChI=1S/C19H22N2O5/c1-21(2)19(23)13-5-10-17(25-4)16(11-13)20-18(22)12-26-15-8-6-14(24-3)7-9-15/h5-11H,12H2,1-4H3,(H,20,22). The molecule has 0 aliphatic heterocycles. The Bertz CT molecular complexity index is 772. The average molecular weight is 358 g/mol. The molecule has 0 unspecified atom stereocenters. The summed E-state index contributed by atoms with van der Waals surface area (Å²) in [4.78, 5) is 25.7. The molecule has 2 aromatic carbocycles. The summed E-state index contributed by atoms with van der Waals surface area (Å²) in [7, 11) is 6.39. The van der Waals surface area contributed by atoms with E-state index in [1.807, 2.05) is 0 Å². The number of nitrogens with zero attached hydrogens (tertiary/aromatic N) is 1. The molecule has 1 N–H and O–H groups in total. The van der Waals surface area contributed by atoms with E-state index in [4.69, 9.17) is 14.2 Å². The normalized spacial score (nSPS) is 10.0. The second-order valence-corrected chi connectivity index (χ2v) is 5.63. The van der Waals surface area contributed by atoms with Crippen LogP contribution in [0.25, 0.3) is 0 Å². The largest absolute Gasteiger partial charge is 0.497 e. The smallest absolute Gasteiger partial charge is 0.262 e. The van der Waals surface area contributed by atoms with Crippen LogP contribution < -0.4 is 19.5 Å². The Morgan fingerprint density at radius 3 is 2.19 bits per heavy atom. The molecule has 0 spiro atoms. The van der Waals surface area contributed by atoms with Crippen LogP contribution in [0.1, 0.15) is 10.4 Å². The molecule has 0 fully saturated rings. The molecule has 0 aliphatic carbocycles. The zero-order valence-corrected chi connectivity index (χ0v) is 15.2. The van der Waals surface area contributed by atoms with E-state index >= 15 is 0 Å². The molecule has 26 heavy (non-hydrogen) atoms. The van der Waals surface area contributed by atoms with Crippen molar-refractivity contribution in [2.24, 2.45) is 0 Å². The van der Waals surface area contributed by atoms with Gasteiger partial charge in [0, 0.05) is 19.7 Å². The maximum atomic E-state index is 12.2. The van der Waals surface area contributed by atoms with Gasteiger partial charge in [0.25, 0.3) is 11.8 Å². The van der Waals surface area contributed by atoms with Gasteiger partial charge in [0.15, 0.2) is 6.61 Å². The third-order valence-electron chi connectivity index (χ3n) is 3.56. The number of methoxy groups -OCH3 is 2. The van der Waals surface area contributed by atoms with E-state index in [9.17, 15) is 9.59 Å². The third kappa shape index (κ3) is 4.89. The van der Waals surface area contributed by atoms with Crippen LogP contribution in [0.2, 0.25) is 0 Å². The molecule has 0 heterocycles. The van der Waals surface area contributed by atoms with E-state index in [0.717, 1.165) is 0 Å². The third-order valence-corrected chi connectivity index (χ3v) is 3.56. The highest BCUT2D eigenvalue weighted by Crippen LogP contribution is 2.26. The number of ether oxygens (including phenoxy) is 3. The lowest BCUT2D eigenvalue weighted by Crippen LogP contribution is -2.23. The number of nitrogens with one attached hydrogen (secondary N) is 1. The summed E-state index contributed by atoms with van der Waals surface area (Å²) in [5.74, 6) is 1.17. The highest BCUT2D eigenvalue weighted by molar-refractivity contribution is 5.98. The van der Waals surface area contributed by atoms with Gasteiger partial charge < -0.3 is 24.4 Å². The van der Waals surface area contributed by atoms with Crippen molar-refractivity contribution >= 4 is 17.5 Å². The minimum Gasteiger partial charge on any atom is -0.497 e. The number of carbonyl (C=O) groups excluding carboxylic acids is 2. The average Bonchev–Trinajstić information content (AvgIpc) is 2.66. The van der Waals surface area contributed by atoms with Crippen LogP contribution in [0.5, 0.6) is 17.2 Å². The number of hydrogen-bond acceptors (Lipinski definition) is 5. The molecular weight excluding hydrogens is 336 g/mol. The molecule has 0 saturated carbocycles. The Labute approximate surface area is 152 Å². The van der Waals surface area contributed by atoms with E-state index in [0.29, 0.717) is 28.5 Å². The van der Waals surface area contributed by atoms with Gasteiger partial charge in [-0.1, -0.05) is 0 Å². The lowest BCUT2D eigenvalue weighted by Gasteiger charge is -2.14. The van der Waals surface area contributed by atoms with Crippen molar-refractivity contribution in [3.63, 3.8) is 0 Å². The highest BCUT2D eigenvalue weighted by atomic mass is 16.5. The molecule has 2 aromatic rings. The van der Waals surface area contributed by atoms with E-state index < -0.39 is 0 Å². The summed E-state index contributed by atoms with van der Waals surface area (Å²) in [5, 5.41) is 2.70. The molecule has 0 atom stereocenters. The minimum absolute atomic E-state index is 0.169. The van der Waals surface area contributed by atoms with E-state index in [2.05, 4.69) is 5.32 Å². The van der Waals surface area contributed by atoms with Gasteiger partial charge in [0.2, 0.25) is 0 Å². The minimum atomic E-state index is -0.367. The molecule has 2 rings (SSSR count). The predicted octanol–water partition coefficient (Wildman–Crippen LogP) is 2.42.